The van der Waals surface area contributed by atoms with Crippen molar-refractivity contribution in [3.8, 4) is 5.75 Å². The quantitative estimate of drug-likeness (QED) is 0.619. The lowest BCUT2D eigenvalue weighted by Crippen LogP contribution is -2.15. The average molecular weight is 388 g/mol. The second-order valence-electron chi connectivity index (χ2n) is 5.77. The summed E-state index contributed by atoms with van der Waals surface area (Å²) in [7, 11) is -2.77. The van der Waals surface area contributed by atoms with Gasteiger partial charge in [0, 0.05) is 6.07 Å². The van der Waals surface area contributed by atoms with Crippen molar-refractivity contribution in [2.75, 3.05) is 13.7 Å². The molecule has 3 aromatic rings. The summed E-state index contributed by atoms with van der Waals surface area (Å²) in [5.41, 5.74) is 0.376. The van der Waals surface area contributed by atoms with Crippen LogP contribution in [-0.4, -0.2) is 28.1 Å². The van der Waals surface area contributed by atoms with Crippen LogP contribution >= 0.6 is 0 Å². The van der Waals surface area contributed by atoms with Crippen LogP contribution in [0, 0.1) is 6.92 Å². The van der Waals surface area contributed by atoms with Crippen LogP contribution in [0.2, 0.25) is 0 Å². The second-order valence-corrected chi connectivity index (χ2v) is 7.69. The fourth-order valence-electron chi connectivity index (χ4n) is 2.41. The summed E-state index contributed by atoms with van der Waals surface area (Å²) < 4.78 is 40.6. The van der Waals surface area contributed by atoms with Crippen molar-refractivity contribution < 1.29 is 27.1 Å². The Morgan fingerprint density at radius 3 is 2.48 bits per heavy atom. The highest BCUT2D eigenvalue weighted by Crippen LogP contribution is 2.23. The van der Waals surface area contributed by atoms with Crippen LogP contribution in [0.4, 0.5) is 0 Å². The molecule has 0 unspecified atom stereocenters. The Labute approximate surface area is 155 Å². The molecule has 0 saturated carbocycles. The molecule has 0 radical (unpaired) electrons. The highest BCUT2D eigenvalue weighted by Gasteiger charge is 2.23. The van der Waals surface area contributed by atoms with Gasteiger partial charge < -0.3 is 13.9 Å². The average Bonchev–Trinajstić information content (AvgIpc) is 2.66. The molecule has 1 aromatic heterocycles. The fourth-order valence-corrected chi connectivity index (χ4v) is 3.69. The van der Waals surface area contributed by atoms with E-state index < -0.39 is 26.1 Å². The standard InChI is InChI=1S/C19H16O7S/c1-12-3-6-14(7-4-12)27(22,23)17-10-26-16-9-13(25-11-18(20)24-2)5-8-15(16)19(17)21/h3-10H,11H2,1-2H3. The number of hydrogen-bond acceptors (Lipinski definition) is 7. The van der Waals surface area contributed by atoms with Crippen LogP contribution in [0.5, 0.6) is 5.75 Å². The van der Waals surface area contributed by atoms with Gasteiger partial charge in [0.1, 0.15) is 17.6 Å². The lowest BCUT2D eigenvalue weighted by atomic mass is 10.2. The predicted octanol–water partition coefficient (Wildman–Crippen LogP) is 2.49. The van der Waals surface area contributed by atoms with Crippen LogP contribution in [-0.2, 0) is 19.4 Å². The lowest BCUT2D eigenvalue weighted by Gasteiger charge is -2.07. The molecule has 0 aliphatic heterocycles. The van der Waals surface area contributed by atoms with E-state index in [-0.39, 0.29) is 28.2 Å². The molecule has 0 saturated heterocycles. The first kappa shape index (κ1) is 18.7. The van der Waals surface area contributed by atoms with Gasteiger partial charge >= 0.3 is 5.97 Å². The third-order valence-electron chi connectivity index (χ3n) is 3.92. The minimum Gasteiger partial charge on any atom is -0.482 e. The van der Waals surface area contributed by atoms with Crippen LogP contribution < -0.4 is 10.2 Å². The first-order valence-electron chi connectivity index (χ1n) is 7.90. The molecule has 27 heavy (non-hydrogen) atoms. The van der Waals surface area contributed by atoms with Crippen molar-refractivity contribution in [3.05, 3.63) is 64.5 Å². The normalized spacial score (nSPS) is 11.3. The maximum absolute atomic E-state index is 12.8. The van der Waals surface area contributed by atoms with E-state index in [4.69, 9.17) is 9.15 Å². The Morgan fingerprint density at radius 2 is 1.81 bits per heavy atom. The molecule has 0 atom stereocenters. The van der Waals surface area contributed by atoms with E-state index in [0.717, 1.165) is 11.8 Å². The minimum absolute atomic E-state index is 0.0118. The summed E-state index contributed by atoms with van der Waals surface area (Å²) in [4.78, 5) is 23.4. The summed E-state index contributed by atoms with van der Waals surface area (Å²) in [6.07, 6.45) is 0.921. The number of benzene rings is 2. The molecule has 0 bridgehead atoms. The zero-order valence-corrected chi connectivity index (χ0v) is 15.4. The topological polar surface area (TPSA) is 99.9 Å². The number of fused-ring (bicyclic) bond motifs is 1. The van der Waals surface area contributed by atoms with Crippen molar-refractivity contribution >= 4 is 26.8 Å². The third kappa shape index (κ3) is 3.70. The smallest absolute Gasteiger partial charge is 0.343 e. The molecule has 0 N–H and O–H groups in total. The molecule has 3 rings (SSSR count). The van der Waals surface area contributed by atoms with E-state index in [9.17, 15) is 18.0 Å². The molecule has 0 spiro atoms. The number of carbonyl (C=O) groups excluding carboxylic acids is 1. The van der Waals surface area contributed by atoms with Crippen LogP contribution in [0.3, 0.4) is 0 Å². The Hall–Kier alpha value is -3.13. The molecule has 8 heteroatoms. The van der Waals surface area contributed by atoms with E-state index in [2.05, 4.69) is 4.74 Å². The van der Waals surface area contributed by atoms with Gasteiger partial charge in [-0.05, 0) is 31.2 Å². The van der Waals surface area contributed by atoms with E-state index in [1.54, 1.807) is 12.1 Å². The molecular weight excluding hydrogens is 372 g/mol. The van der Waals surface area contributed by atoms with Crippen molar-refractivity contribution in [1.29, 1.82) is 0 Å². The Morgan fingerprint density at radius 1 is 1.11 bits per heavy atom. The molecule has 2 aromatic carbocycles. The van der Waals surface area contributed by atoms with Gasteiger partial charge in [-0.3, -0.25) is 4.79 Å². The molecule has 7 nitrogen and oxygen atoms in total. The first-order chi connectivity index (χ1) is 12.8. The van der Waals surface area contributed by atoms with Gasteiger partial charge in [-0.1, -0.05) is 17.7 Å². The highest BCUT2D eigenvalue weighted by atomic mass is 32.2. The predicted molar refractivity (Wildman–Crippen MR) is 96.6 cm³/mol. The Bertz CT molecular complexity index is 1160. The number of hydrogen-bond donors (Lipinski definition) is 0. The molecule has 0 aliphatic rings. The molecular formula is C19H16O7S. The van der Waals surface area contributed by atoms with Crippen molar-refractivity contribution in [2.24, 2.45) is 0 Å². The van der Waals surface area contributed by atoms with Gasteiger partial charge in [-0.25, -0.2) is 13.2 Å². The fraction of sp³-hybridized carbons (Fsp3) is 0.158. The van der Waals surface area contributed by atoms with Gasteiger partial charge in [0.15, 0.2) is 11.5 Å². The van der Waals surface area contributed by atoms with Crippen LogP contribution in [0.15, 0.2) is 67.7 Å². The first-order valence-corrected chi connectivity index (χ1v) is 9.38. The largest absolute Gasteiger partial charge is 0.482 e. The van der Waals surface area contributed by atoms with Crippen molar-refractivity contribution in [3.63, 3.8) is 0 Å². The minimum atomic E-state index is -4.01. The van der Waals surface area contributed by atoms with Gasteiger partial charge in [-0.2, -0.15) is 0 Å². The number of sulfone groups is 1. The maximum atomic E-state index is 12.8. The number of ether oxygens (including phenoxy) is 2. The van der Waals surface area contributed by atoms with E-state index in [1.165, 1.54) is 37.4 Å². The third-order valence-corrected chi connectivity index (χ3v) is 5.67. The molecule has 0 amide bonds. The highest BCUT2D eigenvalue weighted by molar-refractivity contribution is 7.91. The number of esters is 1. The van der Waals surface area contributed by atoms with E-state index in [0.29, 0.717) is 0 Å². The van der Waals surface area contributed by atoms with Gasteiger partial charge in [-0.15, -0.1) is 0 Å². The molecule has 140 valence electrons. The van der Waals surface area contributed by atoms with Crippen LogP contribution in [0.1, 0.15) is 5.56 Å². The number of aryl methyl sites for hydroxylation is 1. The maximum Gasteiger partial charge on any atom is 0.343 e. The number of methoxy groups -OCH3 is 1. The summed E-state index contributed by atoms with van der Waals surface area (Å²) in [5, 5.41) is 0.0913. The summed E-state index contributed by atoms with van der Waals surface area (Å²) in [6.45, 7) is 1.53. The van der Waals surface area contributed by atoms with E-state index in [1.807, 2.05) is 6.92 Å². The van der Waals surface area contributed by atoms with Crippen molar-refractivity contribution in [2.45, 2.75) is 16.7 Å². The molecule has 0 fully saturated rings. The number of rotatable bonds is 5. The SMILES string of the molecule is COC(=O)COc1ccc2c(=O)c(S(=O)(=O)c3ccc(C)cc3)coc2c1. The number of carbonyl (C=O) groups is 1. The summed E-state index contributed by atoms with van der Waals surface area (Å²) >= 11 is 0. The summed E-state index contributed by atoms with van der Waals surface area (Å²) in [6, 6.07) is 10.4. The van der Waals surface area contributed by atoms with Gasteiger partial charge in [0.05, 0.1) is 17.4 Å². The van der Waals surface area contributed by atoms with E-state index >= 15 is 0 Å². The van der Waals surface area contributed by atoms with Crippen LogP contribution in [0.25, 0.3) is 11.0 Å². The zero-order valence-electron chi connectivity index (χ0n) is 14.6. The Balaban J connectivity index is 2.01. The zero-order chi connectivity index (χ0) is 19.6. The van der Waals surface area contributed by atoms with Gasteiger partial charge in [0.2, 0.25) is 15.3 Å². The second kappa shape index (κ2) is 7.24. The lowest BCUT2D eigenvalue weighted by molar-refractivity contribution is -0.142. The van der Waals surface area contributed by atoms with Crippen molar-refractivity contribution in [1.82, 2.24) is 0 Å². The molecule has 0 aliphatic carbocycles. The van der Waals surface area contributed by atoms with Gasteiger partial charge in [0.25, 0.3) is 0 Å². The molecule has 1 heterocycles. The monoisotopic (exact) mass is 388 g/mol. The Kier molecular flexibility index (Phi) is 5.00. The summed E-state index contributed by atoms with van der Waals surface area (Å²) in [5.74, 6) is -0.277.